The molecule has 0 amide bonds. The van der Waals surface area contributed by atoms with Crippen LogP contribution in [-0.4, -0.2) is 34.2 Å². The minimum absolute atomic E-state index is 0.417. The van der Waals surface area contributed by atoms with Crippen molar-refractivity contribution in [3.8, 4) is 0 Å². The molecule has 0 aromatic carbocycles. The van der Waals surface area contributed by atoms with Crippen LogP contribution in [0, 0.1) is 6.92 Å². The lowest BCUT2D eigenvalue weighted by Crippen LogP contribution is -2.15. The van der Waals surface area contributed by atoms with Gasteiger partial charge in [0.15, 0.2) is 5.65 Å². The van der Waals surface area contributed by atoms with E-state index in [2.05, 4.69) is 15.3 Å². The van der Waals surface area contributed by atoms with Gasteiger partial charge in [0.1, 0.15) is 0 Å². The minimum Gasteiger partial charge on any atom is -0.309 e. The van der Waals surface area contributed by atoms with Crippen LogP contribution in [0.25, 0.3) is 11.0 Å². The molecule has 7 nitrogen and oxygen atoms in total. The fourth-order valence-corrected chi connectivity index (χ4v) is 3.09. The maximum atomic E-state index is 12.4. The van der Waals surface area contributed by atoms with Gasteiger partial charge in [-0.15, -0.1) is 5.10 Å². The van der Waals surface area contributed by atoms with E-state index in [1.54, 1.807) is 24.9 Å². The molecule has 0 spiro atoms. The number of aryl methyl sites for hydroxylation is 2. The van der Waals surface area contributed by atoms with Crippen LogP contribution in [0.5, 0.6) is 0 Å². The number of nitrogens with zero attached hydrogens (tertiary/aromatic N) is 4. The summed E-state index contributed by atoms with van der Waals surface area (Å²) in [6.45, 7) is 1.71. The molecule has 0 bridgehead atoms. The number of rotatable bonds is 3. The minimum atomic E-state index is -3.36. The molecule has 2 heterocycles. The molecule has 0 fully saturated rings. The first-order valence-electron chi connectivity index (χ1n) is 4.90. The van der Waals surface area contributed by atoms with Crippen molar-refractivity contribution in [3.05, 3.63) is 11.9 Å². The molecule has 0 aliphatic carbocycles. The van der Waals surface area contributed by atoms with Crippen LogP contribution in [0.15, 0.2) is 6.20 Å². The highest BCUT2D eigenvalue weighted by molar-refractivity contribution is 7.62. The molecule has 0 radical (unpaired) electrons. The number of aromatic nitrogens is 4. The van der Waals surface area contributed by atoms with E-state index in [4.69, 9.17) is 9.05 Å². The monoisotopic (exact) mass is 256 g/mol. The van der Waals surface area contributed by atoms with E-state index < -0.39 is 7.60 Å². The zero-order valence-corrected chi connectivity index (χ0v) is 10.9. The molecule has 92 valence electrons. The Morgan fingerprint density at radius 2 is 1.94 bits per heavy atom. The van der Waals surface area contributed by atoms with Gasteiger partial charge in [-0.05, 0) is 6.92 Å². The number of hydrogen-bond donors (Lipinski definition) is 0. The zero-order chi connectivity index (χ0) is 12.6. The first-order valence-corrected chi connectivity index (χ1v) is 6.45. The summed E-state index contributed by atoms with van der Waals surface area (Å²) in [5, 5.41) is 13.1. The largest absolute Gasteiger partial charge is 0.363 e. The molecular formula is C9H13N4O3P. The Labute approximate surface area is 98.3 Å². The first-order chi connectivity index (χ1) is 8.03. The summed E-state index contributed by atoms with van der Waals surface area (Å²) in [5.74, 6) is 0. The Balaban J connectivity index is 2.84. The third-order valence-corrected chi connectivity index (χ3v) is 4.63. The van der Waals surface area contributed by atoms with Gasteiger partial charge in [0.05, 0.1) is 22.6 Å². The van der Waals surface area contributed by atoms with Gasteiger partial charge in [-0.1, -0.05) is 0 Å². The summed E-state index contributed by atoms with van der Waals surface area (Å²) < 4.78 is 24.0. The molecule has 0 N–H and O–H groups in total. The highest BCUT2D eigenvalue weighted by Crippen LogP contribution is 2.47. The molecule has 0 atom stereocenters. The fraction of sp³-hybridized carbons (Fsp3) is 0.444. The van der Waals surface area contributed by atoms with E-state index in [9.17, 15) is 4.57 Å². The van der Waals surface area contributed by atoms with Crippen LogP contribution in [0.1, 0.15) is 5.69 Å². The Morgan fingerprint density at radius 3 is 2.53 bits per heavy atom. The van der Waals surface area contributed by atoms with E-state index in [1.807, 2.05) is 0 Å². The van der Waals surface area contributed by atoms with Gasteiger partial charge in [0, 0.05) is 21.3 Å². The first kappa shape index (κ1) is 12.2. The molecule has 17 heavy (non-hydrogen) atoms. The van der Waals surface area contributed by atoms with Crippen LogP contribution in [0.2, 0.25) is 0 Å². The average Bonchev–Trinajstić information content (AvgIpc) is 2.70. The van der Waals surface area contributed by atoms with Crippen LogP contribution >= 0.6 is 7.60 Å². The summed E-state index contributed by atoms with van der Waals surface area (Å²) in [6, 6.07) is 0. The van der Waals surface area contributed by atoms with Gasteiger partial charge in [-0.3, -0.25) is 4.57 Å². The quantitative estimate of drug-likeness (QED) is 0.755. The lowest BCUT2D eigenvalue weighted by atomic mass is 10.3. The maximum absolute atomic E-state index is 12.4. The molecule has 0 aliphatic heterocycles. The van der Waals surface area contributed by atoms with Crippen molar-refractivity contribution in [2.24, 2.45) is 7.05 Å². The van der Waals surface area contributed by atoms with Crippen molar-refractivity contribution < 1.29 is 13.6 Å². The van der Waals surface area contributed by atoms with Crippen molar-refractivity contribution in [2.75, 3.05) is 14.2 Å². The second kappa shape index (κ2) is 4.18. The molecule has 0 saturated carbocycles. The lowest BCUT2D eigenvalue weighted by Gasteiger charge is -2.15. The van der Waals surface area contributed by atoms with Gasteiger partial charge < -0.3 is 9.05 Å². The van der Waals surface area contributed by atoms with E-state index in [0.717, 1.165) is 0 Å². The third-order valence-electron chi connectivity index (χ3n) is 2.55. The van der Waals surface area contributed by atoms with E-state index in [0.29, 0.717) is 22.0 Å². The van der Waals surface area contributed by atoms with Crippen LogP contribution in [0.3, 0.4) is 0 Å². The smallest absolute Gasteiger partial charge is 0.309 e. The van der Waals surface area contributed by atoms with Gasteiger partial charge >= 0.3 is 7.60 Å². The number of fused-ring (bicyclic) bond motifs is 1. The zero-order valence-electron chi connectivity index (χ0n) is 10.0. The second-order valence-corrected chi connectivity index (χ2v) is 5.67. The van der Waals surface area contributed by atoms with Crippen LogP contribution in [-0.2, 0) is 20.7 Å². The second-order valence-electron chi connectivity index (χ2n) is 3.50. The highest BCUT2D eigenvalue weighted by atomic mass is 31.2. The van der Waals surface area contributed by atoms with E-state index in [-0.39, 0.29) is 0 Å². The topological polar surface area (TPSA) is 79.1 Å². The third kappa shape index (κ3) is 1.76. The standard InChI is InChI=1S/C9H13N4O3P/c1-6-8(17(14,15-3)16-4)7-5-10-13(2)9(7)12-11-6/h5H,1-4H3. The van der Waals surface area contributed by atoms with Crippen molar-refractivity contribution in [2.45, 2.75) is 6.92 Å². The molecule has 0 saturated heterocycles. The molecule has 0 unspecified atom stereocenters. The summed E-state index contributed by atoms with van der Waals surface area (Å²) in [5.41, 5.74) is 1.05. The average molecular weight is 256 g/mol. The van der Waals surface area contributed by atoms with Crippen molar-refractivity contribution in [1.29, 1.82) is 0 Å². The van der Waals surface area contributed by atoms with Crippen LogP contribution < -0.4 is 5.30 Å². The van der Waals surface area contributed by atoms with E-state index >= 15 is 0 Å². The van der Waals surface area contributed by atoms with Gasteiger partial charge in [0.25, 0.3) is 0 Å². The Kier molecular flexibility index (Phi) is 2.99. The van der Waals surface area contributed by atoms with Gasteiger partial charge in [0.2, 0.25) is 0 Å². The molecule has 8 heteroatoms. The molecule has 2 aromatic heterocycles. The predicted molar refractivity (Wildman–Crippen MR) is 62.3 cm³/mol. The Hall–Kier alpha value is -1.30. The van der Waals surface area contributed by atoms with Crippen LogP contribution in [0.4, 0.5) is 0 Å². The molecular weight excluding hydrogens is 243 g/mol. The summed E-state index contributed by atoms with van der Waals surface area (Å²) in [7, 11) is 1.06. The summed E-state index contributed by atoms with van der Waals surface area (Å²) >= 11 is 0. The SMILES string of the molecule is COP(=O)(OC)c1c(C)nnc2c1cnn2C. The highest BCUT2D eigenvalue weighted by Gasteiger charge is 2.31. The normalized spacial score (nSPS) is 12.2. The Bertz CT molecular complexity index is 602. The van der Waals surface area contributed by atoms with Gasteiger partial charge in [-0.25, -0.2) is 4.68 Å². The fourth-order valence-electron chi connectivity index (χ4n) is 1.68. The maximum Gasteiger partial charge on any atom is 0.363 e. The van der Waals surface area contributed by atoms with Crippen molar-refractivity contribution in [1.82, 2.24) is 20.0 Å². The van der Waals surface area contributed by atoms with Gasteiger partial charge in [-0.2, -0.15) is 10.2 Å². The molecule has 2 rings (SSSR count). The summed E-state index contributed by atoms with van der Waals surface area (Å²) in [6.07, 6.45) is 1.58. The number of hydrogen-bond acceptors (Lipinski definition) is 6. The van der Waals surface area contributed by atoms with Crippen molar-refractivity contribution >= 4 is 23.9 Å². The molecule has 0 aliphatic rings. The molecule has 2 aromatic rings. The van der Waals surface area contributed by atoms with E-state index in [1.165, 1.54) is 14.2 Å². The Morgan fingerprint density at radius 1 is 1.29 bits per heavy atom. The predicted octanol–water partition coefficient (Wildman–Crippen LogP) is 0.783. The van der Waals surface area contributed by atoms with Crippen molar-refractivity contribution in [3.63, 3.8) is 0 Å². The lowest BCUT2D eigenvalue weighted by molar-refractivity contribution is 0.287. The summed E-state index contributed by atoms with van der Waals surface area (Å²) in [4.78, 5) is 0.